The smallest absolute Gasteiger partial charge is 0.407 e. The van der Waals surface area contributed by atoms with Crippen LogP contribution in [0.15, 0.2) is 56.1 Å². The molecule has 146 valence electrons. The van der Waals surface area contributed by atoms with E-state index < -0.39 is 6.09 Å². The molecule has 0 fully saturated rings. The van der Waals surface area contributed by atoms with Gasteiger partial charge in [-0.25, -0.2) is 4.79 Å². The highest BCUT2D eigenvalue weighted by atomic mass is 79.9. The van der Waals surface area contributed by atoms with Crippen LogP contribution in [0.1, 0.15) is 6.92 Å². The minimum Gasteiger partial charge on any atom is -0.491 e. The number of hydrogen-bond donors (Lipinski definition) is 1. The summed E-state index contributed by atoms with van der Waals surface area (Å²) in [6, 6.07) is 11.7. The van der Waals surface area contributed by atoms with Crippen molar-refractivity contribution in [2.24, 2.45) is 0 Å². The Morgan fingerprint density at radius 2 is 2.07 bits per heavy atom. The second-order valence-electron chi connectivity index (χ2n) is 5.94. The van der Waals surface area contributed by atoms with Gasteiger partial charge in [0, 0.05) is 17.1 Å². The van der Waals surface area contributed by atoms with Gasteiger partial charge in [-0.05, 0) is 37.3 Å². The van der Waals surface area contributed by atoms with Crippen molar-refractivity contribution in [1.29, 1.82) is 0 Å². The van der Waals surface area contributed by atoms with Crippen LogP contribution in [0.25, 0.3) is 22.3 Å². The molecule has 0 aliphatic heterocycles. The molecule has 2 aromatic carbocycles. The fourth-order valence-corrected chi connectivity index (χ4v) is 3.30. The van der Waals surface area contributed by atoms with Gasteiger partial charge in [0.25, 0.3) is 0 Å². The number of likely N-dealkylation sites (N-methyl/N-ethyl adjacent to an activating group) is 1. The van der Waals surface area contributed by atoms with E-state index in [-0.39, 0.29) is 18.6 Å². The molecule has 0 radical (unpaired) electrons. The normalized spacial score (nSPS) is 10.8. The topological polar surface area (TPSA) is 80.0 Å². The van der Waals surface area contributed by atoms with E-state index in [0.717, 1.165) is 4.47 Å². The molecule has 1 amide bonds. The van der Waals surface area contributed by atoms with Crippen LogP contribution in [0, 0.1) is 0 Å². The lowest BCUT2D eigenvalue weighted by molar-refractivity contribution is 0.138. The number of hydrogen-bond acceptors (Lipinski definition) is 4. The molecular weight excluding hydrogens is 450 g/mol. The van der Waals surface area contributed by atoms with Gasteiger partial charge in [0.2, 0.25) is 0 Å². The Kier molecular flexibility index (Phi) is 6.26. The van der Waals surface area contributed by atoms with Crippen LogP contribution in [0.3, 0.4) is 0 Å². The van der Waals surface area contributed by atoms with Crippen molar-refractivity contribution in [1.82, 2.24) is 4.90 Å². The van der Waals surface area contributed by atoms with Crippen LogP contribution in [-0.4, -0.2) is 35.8 Å². The lowest BCUT2D eigenvalue weighted by atomic mass is 10.1. The highest BCUT2D eigenvalue weighted by molar-refractivity contribution is 9.10. The fourth-order valence-electron chi connectivity index (χ4n) is 2.75. The van der Waals surface area contributed by atoms with E-state index in [1.165, 1.54) is 11.0 Å². The van der Waals surface area contributed by atoms with E-state index in [2.05, 4.69) is 15.9 Å². The molecular formula is C20H17BrClNO5. The second kappa shape index (κ2) is 8.67. The molecule has 6 nitrogen and oxygen atoms in total. The highest BCUT2D eigenvalue weighted by Crippen LogP contribution is 2.34. The van der Waals surface area contributed by atoms with Crippen molar-refractivity contribution in [2.45, 2.75) is 6.92 Å². The van der Waals surface area contributed by atoms with E-state index in [4.69, 9.17) is 25.9 Å². The summed E-state index contributed by atoms with van der Waals surface area (Å²) < 4.78 is 12.5. The standard InChI is InChI=1S/C20H17BrClNO5/c1-2-23(20(25)26)8-9-27-17-10-12(21)6-7-14(17)18-11-16(24)13-4-3-5-15(22)19(13)28-18/h3-7,10-11H,2,8-9H2,1H3,(H,25,26). The van der Waals surface area contributed by atoms with Gasteiger partial charge in [-0.1, -0.05) is 33.6 Å². The number of amides is 1. The molecule has 0 spiro atoms. The maximum absolute atomic E-state index is 12.5. The Balaban J connectivity index is 1.97. The molecule has 1 heterocycles. The molecule has 28 heavy (non-hydrogen) atoms. The summed E-state index contributed by atoms with van der Waals surface area (Å²) in [4.78, 5) is 24.8. The summed E-state index contributed by atoms with van der Waals surface area (Å²) in [5.74, 6) is 0.782. The average Bonchev–Trinajstić information content (AvgIpc) is 2.66. The maximum atomic E-state index is 12.5. The van der Waals surface area contributed by atoms with E-state index in [9.17, 15) is 9.59 Å². The zero-order chi connectivity index (χ0) is 20.3. The number of halogens is 2. The van der Waals surface area contributed by atoms with Gasteiger partial charge < -0.3 is 19.2 Å². The highest BCUT2D eigenvalue weighted by Gasteiger charge is 2.15. The van der Waals surface area contributed by atoms with Crippen LogP contribution in [-0.2, 0) is 0 Å². The number of fused-ring (bicyclic) bond motifs is 1. The molecule has 0 aliphatic rings. The van der Waals surface area contributed by atoms with Crippen LogP contribution in [0.4, 0.5) is 4.79 Å². The summed E-state index contributed by atoms with van der Waals surface area (Å²) in [6.45, 7) is 2.49. The number of carbonyl (C=O) groups is 1. The van der Waals surface area contributed by atoms with Gasteiger partial charge in [0.15, 0.2) is 11.0 Å². The largest absolute Gasteiger partial charge is 0.491 e. The van der Waals surface area contributed by atoms with Crippen molar-refractivity contribution >= 4 is 44.6 Å². The number of ether oxygens (including phenoxy) is 1. The number of para-hydroxylation sites is 1. The predicted molar refractivity (Wildman–Crippen MR) is 111 cm³/mol. The zero-order valence-corrected chi connectivity index (χ0v) is 17.3. The molecule has 0 atom stereocenters. The lowest BCUT2D eigenvalue weighted by Crippen LogP contribution is -2.33. The average molecular weight is 467 g/mol. The molecule has 0 bridgehead atoms. The zero-order valence-electron chi connectivity index (χ0n) is 14.9. The van der Waals surface area contributed by atoms with Gasteiger partial charge in [0.05, 0.1) is 22.5 Å². The fraction of sp³-hybridized carbons (Fsp3) is 0.200. The third-order valence-corrected chi connectivity index (χ3v) is 4.98. The molecule has 3 rings (SSSR count). The first-order chi connectivity index (χ1) is 13.4. The first kappa shape index (κ1) is 20.2. The van der Waals surface area contributed by atoms with E-state index >= 15 is 0 Å². The van der Waals surface area contributed by atoms with Crippen molar-refractivity contribution in [3.8, 4) is 17.1 Å². The molecule has 1 aromatic heterocycles. The molecule has 8 heteroatoms. The SMILES string of the molecule is CCN(CCOc1cc(Br)ccc1-c1cc(=O)c2cccc(Cl)c2o1)C(=O)O. The Morgan fingerprint density at radius 3 is 2.79 bits per heavy atom. The molecule has 0 unspecified atom stereocenters. The first-order valence-corrected chi connectivity index (χ1v) is 9.70. The molecule has 0 saturated carbocycles. The van der Waals surface area contributed by atoms with Crippen molar-refractivity contribution < 1.29 is 19.1 Å². The summed E-state index contributed by atoms with van der Waals surface area (Å²) in [7, 11) is 0. The van der Waals surface area contributed by atoms with Gasteiger partial charge in [0.1, 0.15) is 18.1 Å². The van der Waals surface area contributed by atoms with Crippen molar-refractivity contribution in [3.05, 3.63) is 62.2 Å². The van der Waals surface area contributed by atoms with E-state index in [1.54, 1.807) is 43.3 Å². The van der Waals surface area contributed by atoms with Crippen molar-refractivity contribution in [3.63, 3.8) is 0 Å². The van der Waals surface area contributed by atoms with Gasteiger partial charge in [-0.3, -0.25) is 4.79 Å². The summed E-state index contributed by atoms with van der Waals surface area (Å²) >= 11 is 9.58. The minimum absolute atomic E-state index is 0.155. The monoisotopic (exact) mass is 465 g/mol. The predicted octanol–water partition coefficient (Wildman–Crippen LogP) is 5.25. The number of carboxylic acid groups (broad SMARTS) is 1. The molecule has 3 aromatic rings. The Labute approximate surface area is 174 Å². The summed E-state index contributed by atoms with van der Waals surface area (Å²) in [5.41, 5.74) is 0.666. The van der Waals surface area contributed by atoms with Crippen LogP contribution in [0.2, 0.25) is 5.02 Å². The second-order valence-corrected chi connectivity index (χ2v) is 7.27. The van der Waals surface area contributed by atoms with Crippen LogP contribution >= 0.6 is 27.5 Å². The Morgan fingerprint density at radius 1 is 1.29 bits per heavy atom. The third kappa shape index (κ3) is 4.31. The van der Waals surface area contributed by atoms with E-state index in [1.807, 2.05) is 0 Å². The summed E-state index contributed by atoms with van der Waals surface area (Å²) in [6.07, 6.45) is -1.00. The van der Waals surface area contributed by atoms with Crippen LogP contribution in [0.5, 0.6) is 5.75 Å². The summed E-state index contributed by atoms with van der Waals surface area (Å²) in [5, 5.41) is 9.85. The third-order valence-electron chi connectivity index (χ3n) is 4.19. The van der Waals surface area contributed by atoms with Crippen LogP contribution < -0.4 is 10.2 Å². The number of benzene rings is 2. The number of nitrogens with zero attached hydrogens (tertiary/aromatic N) is 1. The maximum Gasteiger partial charge on any atom is 0.407 e. The first-order valence-electron chi connectivity index (χ1n) is 8.53. The minimum atomic E-state index is -1.00. The Hall–Kier alpha value is -2.51. The van der Waals surface area contributed by atoms with Gasteiger partial charge in [-0.15, -0.1) is 0 Å². The molecule has 0 saturated heterocycles. The van der Waals surface area contributed by atoms with Crippen molar-refractivity contribution in [2.75, 3.05) is 19.7 Å². The quantitative estimate of drug-likeness (QED) is 0.536. The molecule has 0 aliphatic carbocycles. The number of rotatable bonds is 6. The van der Waals surface area contributed by atoms with Gasteiger partial charge >= 0.3 is 6.09 Å². The Bertz CT molecular complexity index is 1080. The lowest BCUT2D eigenvalue weighted by Gasteiger charge is -2.18. The molecule has 1 N–H and O–H groups in total. The van der Waals surface area contributed by atoms with E-state index in [0.29, 0.717) is 39.6 Å². The van der Waals surface area contributed by atoms with Gasteiger partial charge in [-0.2, -0.15) is 0 Å².